The average Bonchev–Trinajstić information content (AvgIpc) is 2.08. The number of carboxylic acid groups (broad SMARTS) is 1. The van der Waals surface area contributed by atoms with Gasteiger partial charge in [-0.15, -0.1) is 0 Å². The van der Waals surface area contributed by atoms with Gasteiger partial charge in [-0.05, 0) is 27.2 Å². The van der Waals surface area contributed by atoms with Crippen LogP contribution in [0.15, 0.2) is 0 Å². The topological polar surface area (TPSA) is 75.6 Å². The van der Waals surface area contributed by atoms with Gasteiger partial charge in [-0.2, -0.15) is 0 Å². The van der Waals surface area contributed by atoms with Crippen molar-refractivity contribution in [2.75, 3.05) is 0 Å². The summed E-state index contributed by atoms with van der Waals surface area (Å²) in [5.41, 5.74) is -0.788. The summed E-state index contributed by atoms with van der Waals surface area (Å²) < 4.78 is 29.8. The number of aliphatic carboxylic acids is 1. The van der Waals surface area contributed by atoms with Crippen LogP contribution in [-0.2, 0) is 9.53 Å². The van der Waals surface area contributed by atoms with E-state index in [0.717, 1.165) is 0 Å². The number of alkyl carbamates (subject to hydrolysis) is 1. The van der Waals surface area contributed by atoms with Gasteiger partial charge in [0.2, 0.25) is 0 Å². The summed E-state index contributed by atoms with van der Waals surface area (Å²) in [7, 11) is 0. The lowest BCUT2D eigenvalue weighted by atomic mass is 10.1. The standard InChI is InChI=1S/C10H17F2NO4/c1-10(2,3)17-9(16)13-6(8(11)12)4-5-7(14)15/h6,8H,4-5H2,1-3H3,(H,13,16)(H,14,15)/t6-/m1/s1. The Bertz CT molecular complexity index is 276. The van der Waals surface area contributed by atoms with Gasteiger partial charge in [-0.25, -0.2) is 13.6 Å². The highest BCUT2D eigenvalue weighted by Gasteiger charge is 2.25. The average molecular weight is 253 g/mol. The van der Waals surface area contributed by atoms with Crippen molar-refractivity contribution in [1.82, 2.24) is 5.32 Å². The molecule has 0 aliphatic rings. The van der Waals surface area contributed by atoms with E-state index in [1.54, 1.807) is 20.8 Å². The molecule has 0 fully saturated rings. The molecule has 2 N–H and O–H groups in total. The molecular formula is C10H17F2NO4. The van der Waals surface area contributed by atoms with Gasteiger partial charge < -0.3 is 15.2 Å². The number of nitrogens with one attached hydrogen (secondary N) is 1. The van der Waals surface area contributed by atoms with E-state index in [-0.39, 0.29) is 6.42 Å². The van der Waals surface area contributed by atoms with Crippen LogP contribution in [0.2, 0.25) is 0 Å². The summed E-state index contributed by atoms with van der Waals surface area (Å²) in [5, 5.41) is 10.3. The number of carbonyl (C=O) groups excluding carboxylic acids is 1. The second kappa shape index (κ2) is 6.36. The van der Waals surface area contributed by atoms with Crippen LogP contribution in [0.3, 0.4) is 0 Å². The summed E-state index contributed by atoms with van der Waals surface area (Å²) in [4.78, 5) is 21.5. The Kier molecular flexibility index (Phi) is 5.84. The fraction of sp³-hybridized carbons (Fsp3) is 0.800. The van der Waals surface area contributed by atoms with Gasteiger partial charge in [0.25, 0.3) is 6.43 Å². The van der Waals surface area contributed by atoms with E-state index in [4.69, 9.17) is 9.84 Å². The maximum absolute atomic E-state index is 12.5. The molecular weight excluding hydrogens is 236 g/mol. The van der Waals surface area contributed by atoms with Crippen molar-refractivity contribution in [3.8, 4) is 0 Å². The van der Waals surface area contributed by atoms with Crippen LogP contribution in [0.5, 0.6) is 0 Å². The number of hydrogen-bond acceptors (Lipinski definition) is 3. The van der Waals surface area contributed by atoms with Crippen molar-refractivity contribution in [2.24, 2.45) is 0 Å². The van der Waals surface area contributed by atoms with Gasteiger partial charge in [0.05, 0.1) is 6.04 Å². The Balaban J connectivity index is 4.25. The molecule has 7 heteroatoms. The van der Waals surface area contributed by atoms with E-state index < -0.39 is 36.6 Å². The molecule has 0 aromatic rings. The Hall–Kier alpha value is -1.40. The normalized spacial score (nSPS) is 13.3. The molecule has 17 heavy (non-hydrogen) atoms. The number of amides is 1. The minimum Gasteiger partial charge on any atom is -0.481 e. The maximum Gasteiger partial charge on any atom is 0.408 e. The third kappa shape index (κ3) is 8.41. The number of carboxylic acids is 1. The van der Waals surface area contributed by atoms with Crippen molar-refractivity contribution in [1.29, 1.82) is 0 Å². The maximum atomic E-state index is 12.5. The third-order valence-electron chi connectivity index (χ3n) is 1.68. The van der Waals surface area contributed by atoms with Gasteiger partial charge in [-0.1, -0.05) is 0 Å². The van der Waals surface area contributed by atoms with Crippen molar-refractivity contribution < 1.29 is 28.2 Å². The van der Waals surface area contributed by atoms with Crippen LogP contribution in [0, 0.1) is 0 Å². The number of hydrogen-bond donors (Lipinski definition) is 2. The van der Waals surface area contributed by atoms with Crippen molar-refractivity contribution >= 4 is 12.1 Å². The molecule has 5 nitrogen and oxygen atoms in total. The second-order valence-electron chi connectivity index (χ2n) is 4.52. The quantitative estimate of drug-likeness (QED) is 0.785. The van der Waals surface area contributed by atoms with E-state index in [2.05, 4.69) is 0 Å². The first-order chi connectivity index (χ1) is 7.61. The van der Waals surface area contributed by atoms with E-state index in [0.29, 0.717) is 0 Å². The predicted octanol–water partition coefficient (Wildman–Crippen LogP) is 2.01. The van der Waals surface area contributed by atoms with Crippen molar-refractivity contribution in [2.45, 2.75) is 51.7 Å². The van der Waals surface area contributed by atoms with E-state index in [1.165, 1.54) is 0 Å². The Morgan fingerprint density at radius 2 is 1.88 bits per heavy atom. The summed E-state index contributed by atoms with van der Waals surface area (Å²) in [6.07, 6.45) is -4.59. The first-order valence-electron chi connectivity index (χ1n) is 5.11. The number of carbonyl (C=O) groups is 2. The van der Waals surface area contributed by atoms with Crippen molar-refractivity contribution in [3.05, 3.63) is 0 Å². The first-order valence-corrected chi connectivity index (χ1v) is 5.11. The van der Waals surface area contributed by atoms with Gasteiger partial charge >= 0.3 is 12.1 Å². The largest absolute Gasteiger partial charge is 0.481 e. The molecule has 100 valence electrons. The number of alkyl halides is 2. The molecule has 0 unspecified atom stereocenters. The van der Waals surface area contributed by atoms with Gasteiger partial charge in [0.15, 0.2) is 0 Å². The third-order valence-corrected chi connectivity index (χ3v) is 1.68. The van der Waals surface area contributed by atoms with Gasteiger partial charge in [0.1, 0.15) is 5.60 Å². The molecule has 0 radical (unpaired) electrons. The number of ether oxygens (including phenoxy) is 1. The van der Waals surface area contributed by atoms with Crippen LogP contribution >= 0.6 is 0 Å². The lowest BCUT2D eigenvalue weighted by molar-refractivity contribution is -0.137. The molecule has 0 aromatic carbocycles. The summed E-state index contributed by atoms with van der Waals surface area (Å²) in [6.45, 7) is 4.80. The Morgan fingerprint density at radius 3 is 2.24 bits per heavy atom. The molecule has 0 aromatic heterocycles. The molecule has 1 atom stereocenters. The van der Waals surface area contributed by atoms with E-state index >= 15 is 0 Å². The smallest absolute Gasteiger partial charge is 0.408 e. The molecule has 0 saturated heterocycles. The first kappa shape index (κ1) is 15.6. The molecule has 0 aliphatic carbocycles. The highest BCUT2D eigenvalue weighted by Crippen LogP contribution is 2.11. The van der Waals surface area contributed by atoms with Crippen LogP contribution in [0.4, 0.5) is 13.6 Å². The molecule has 0 aliphatic heterocycles. The van der Waals surface area contributed by atoms with Crippen LogP contribution in [0.25, 0.3) is 0 Å². The highest BCUT2D eigenvalue weighted by molar-refractivity contribution is 5.69. The molecule has 1 amide bonds. The lowest BCUT2D eigenvalue weighted by Gasteiger charge is -2.23. The highest BCUT2D eigenvalue weighted by atomic mass is 19.3. The van der Waals surface area contributed by atoms with Crippen LogP contribution < -0.4 is 5.32 Å². The summed E-state index contributed by atoms with van der Waals surface area (Å²) in [5.74, 6) is -1.19. The van der Waals surface area contributed by atoms with Crippen LogP contribution in [-0.4, -0.2) is 35.2 Å². The number of halogens is 2. The van der Waals surface area contributed by atoms with E-state index in [9.17, 15) is 18.4 Å². The zero-order chi connectivity index (χ0) is 13.6. The minimum absolute atomic E-state index is 0.341. The lowest BCUT2D eigenvalue weighted by Crippen LogP contribution is -2.43. The SMILES string of the molecule is CC(C)(C)OC(=O)N[C@H](CCC(=O)O)C(F)F. The Labute approximate surface area is 98.1 Å². The second-order valence-corrected chi connectivity index (χ2v) is 4.52. The zero-order valence-corrected chi connectivity index (χ0v) is 10.00. The van der Waals surface area contributed by atoms with E-state index in [1.807, 2.05) is 5.32 Å². The van der Waals surface area contributed by atoms with Gasteiger partial charge in [-0.3, -0.25) is 4.79 Å². The molecule has 0 rings (SSSR count). The van der Waals surface area contributed by atoms with Gasteiger partial charge in [0, 0.05) is 6.42 Å². The summed E-state index contributed by atoms with van der Waals surface area (Å²) >= 11 is 0. The molecule has 0 spiro atoms. The van der Waals surface area contributed by atoms with Crippen LogP contribution in [0.1, 0.15) is 33.6 Å². The Morgan fingerprint density at radius 1 is 1.35 bits per heavy atom. The molecule has 0 heterocycles. The predicted molar refractivity (Wildman–Crippen MR) is 56.0 cm³/mol. The minimum atomic E-state index is -2.83. The zero-order valence-electron chi connectivity index (χ0n) is 10.00. The molecule has 0 saturated carbocycles. The number of rotatable bonds is 5. The summed E-state index contributed by atoms with van der Waals surface area (Å²) in [6, 6.07) is -1.51. The van der Waals surface area contributed by atoms with Crippen molar-refractivity contribution in [3.63, 3.8) is 0 Å². The monoisotopic (exact) mass is 253 g/mol. The molecule has 0 bridgehead atoms. The fourth-order valence-corrected chi connectivity index (χ4v) is 0.999. The fourth-order valence-electron chi connectivity index (χ4n) is 0.999.